The van der Waals surface area contributed by atoms with Gasteiger partial charge in [0.05, 0.1) is 0 Å². The zero-order valence-corrected chi connectivity index (χ0v) is 17.8. The molecule has 0 saturated carbocycles. The van der Waals surface area contributed by atoms with E-state index in [4.69, 9.17) is 28.5 Å². The van der Waals surface area contributed by atoms with Gasteiger partial charge < -0.3 is 0 Å². The number of aliphatic imine (C=N–C) groups is 1. The van der Waals surface area contributed by atoms with E-state index in [1.54, 1.807) is 35.9 Å². The fourth-order valence-corrected chi connectivity index (χ4v) is 3.39. The van der Waals surface area contributed by atoms with Crippen molar-refractivity contribution in [3.63, 3.8) is 0 Å². The van der Waals surface area contributed by atoms with E-state index >= 15 is 0 Å². The summed E-state index contributed by atoms with van der Waals surface area (Å²) in [6.07, 6.45) is 6.61. The van der Waals surface area contributed by atoms with E-state index in [9.17, 15) is 4.79 Å². The lowest BCUT2D eigenvalue weighted by molar-refractivity contribution is 0.104. The van der Waals surface area contributed by atoms with Crippen molar-refractivity contribution in [3.05, 3.63) is 68.0 Å². The highest BCUT2D eigenvalue weighted by molar-refractivity contribution is 9.10. The second-order valence-corrected chi connectivity index (χ2v) is 8.57. The third-order valence-corrected chi connectivity index (χ3v) is 5.50. The maximum atomic E-state index is 12.0. The maximum absolute atomic E-state index is 12.0. The van der Waals surface area contributed by atoms with Gasteiger partial charge in [0, 0.05) is 15.8 Å². The first-order chi connectivity index (χ1) is 11.9. The van der Waals surface area contributed by atoms with Crippen LogP contribution in [0, 0.1) is 11.5 Å². The molecule has 0 N–H and O–H groups in total. The first kappa shape index (κ1) is 22.1. The van der Waals surface area contributed by atoms with Crippen molar-refractivity contribution in [1.82, 2.24) is 0 Å². The molecule has 0 aliphatic carbocycles. The minimum absolute atomic E-state index is 0.112. The summed E-state index contributed by atoms with van der Waals surface area (Å²) in [5, 5.41) is 10.4. The lowest BCUT2D eigenvalue weighted by atomic mass is 10.1. The van der Waals surface area contributed by atoms with Crippen molar-refractivity contribution < 1.29 is 4.79 Å². The molecule has 0 spiro atoms. The van der Waals surface area contributed by atoms with E-state index in [0.29, 0.717) is 15.7 Å². The number of hydrogen-bond donors (Lipinski definition) is 0. The van der Waals surface area contributed by atoms with Crippen molar-refractivity contribution in [2.75, 3.05) is 5.75 Å². The number of carbonyl (C=O) groups excluding carboxylic acids is 1. The van der Waals surface area contributed by atoms with Crippen LogP contribution >= 0.6 is 62.7 Å². The Kier molecular flexibility index (Phi) is 10.9. The molecule has 1 aromatic carbocycles. The monoisotopic (exact) mass is 474 g/mol. The van der Waals surface area contributed by atoms with Gasteiger partial charge in [-0.25, -0.2) is 0 Å². The van der Waals surface area contributed by atoms with E-state index in [0.717, 1.165) is 10.0 Å². The Morgan fingerprint density at radius 1 is 1.32 bits per heavy atom. The highest BCUT2D eigenvalue weighted by Gasteiger charge is 2.03. The van der Waals surface area contributed by atoms with Crippen molar-refractivity contribution >= 4 is 72.8 Å². The SMILES string of the molecule is CC(=CC=C(Cl)Cl)CSC(=NC#N)S/C=C/C(=O)c1ccc(Br)cc1. The van der Waals surface area contributed by atoms with Gasteiger partial charge >= 0.3 is 0 Å². The molecule has 0 heterocycles. The molecule has 1 rings (SSSR count). The Balaban J connectivity index is 2.61. The molecule has 130 valence electrons. The number of allylic oxidation sites excluding steroid dienone is 3. The summed E-state index contributed by atoms with van der Waals surface area (Å²) >= 11 is 17.0. The molecular weight excluding hydrogens is 463 g/mol. The fraction of sp³-hybridized carbons (Fsp3) is 0.118. The standard InChI is InChI=1S/C17H13BrCl2N2OS2/c1-12(2-7-16(19)20)10-25-17(22-11-21)24-9-8-15(23)13-3-5-14(18)6-4-13/h2-9H,10H2,1H3/b9-8+,12-2?,22-17?. The third kappa shape index (κ3) is 9.93. The summed E-state index contributed by atoms with van der Waals surface area (Å²) in [7, 11) is 0. The molecule has 0 aromatic heterocycles. The van der Waals surface area contributed by atoms with Crippen molar-refractivity contribution in [2.24, 2.45) is 4.99 Å². The number of carbonyl (C=O) groups is 1. The van der Waals surface area contributed by atoms with E-state index < -0.39 is 0 Å². The normalized spacial score (nSPS) is 12.1. The molecule has 0 aliphatic rings. The number of hydrogen-bond acceptors (Lipinski definition) is 5. The van der Waals surface area contributed by atoms with Gasteiger partial charge in [0.15, 0.2) is 5.78 Å². The topological polar surface area (TPSA) is 53.2 Å². The van der Waals surface area contributed by atoms with Crippen LogP contribution in [0.2, 0.25) is 0 Å². The van der Waals surface area contributed by atoms with E-state index in [2.05, 4.69) is 20.9 Å². The maximum Gasteiger partial charge on any atom is 0.207 e. The summed E-state index contributed by atoms with van der Waals surface area (Å²) in [6, 6.07) is 7.10. The molecule has 0 saturated heterocycles. The molecule has 0 atom stereocenters. The van der Waals surface area contributed by atoms with Crippen molar-refractivity contribution in [3.8, 4) is 6.19 Å². The Hall–Kier alpha value is -0.970. The van der Waals surface area contributed by atoms with Gasteiger partial charge in [0.25, 0.3) is 0 Å². The molecule has 0 bridgehead atoms. The smallest absolute Gasteiger partial charge is 0.207 e. The van der Waals surface area contributed by atoms with Crippen LogP contribution in [0.15, 0.2) is 67.4 Å². The predicted octanol–water partition coefficient (Wildman–Crippen LogP) is 6.71. The second kappa shape index (κ2) is 12.4. The summed E-state index contributed by atoms with van der Waals surface area (Å²) in [5.41, 5.74) is 1.61. The average Bonchev–Trinajstić information content (AvgIpc) is 2.58. The predicted molar refractivity (Wildman–Crippen MR) is 114 cm³/mol. The van der Waals surface area contributed by atoms with E-state index in [1.165, 1.54) is 29.6 Å². The Bertz CT molecular complexity index is 762. The van der Waals surface area contributed by atoms with Gasteiger partial charge in [-0.15, -0.1) is 0 Å². The van der Waals surface area contributed by atoms with Crippen LogP contribution in [0.4, 0.5) is 0 Å². The fourth-order valence-electron chi connectivity index (χ4n) is 1.43. The Morgan fingerprint density at radius 3 is 2.60 bits per heavy atom. The quantitative estimate of drug-likeness (QED) is 0.114. The molecule has 0 radical (unpaired) electrons. The van der Waals surface area contributed by atoms with Gasteiger partial charge in [-0.1, -0.05) is 74.3 Å². The zero-order valence-electron chi connectivity index (χ0n) is 13.1. The minimum Gasteiger partial charge on any atom is -0.289 e. The van der Waals surface area contributed by atoms with Crippen LogP contribution in [0.3, 0.4) is 0 Å². The zero-order chi connectivity index (χ0) is 18.7. The van der Waals surface area contributed by atoms with Crippen LogP contribution in [-0.2, 0) is 0 Å². The van der Waals surface area contributed by atoms with Gasteiger partial charge in [0.1, 0.15) is 8.87 Å². The van der Waals surface area contributed by atoms with Gasteiger partial charge in [-0.3, -0.25) is 4.79 Å². The largest absolute Gasteiger partial charge is 0.289 e. The molecule has 0 fully saturated rings. The van der Waals surface area contributed by atoms with Crippen molar-refractivity contribution in [1.29, 1.82) is 5.26 Å². The molecule has 1 aromatic rings. The summed E-state index contributed by atoms with van der Waals surface area (Å²) in [5.74, 6) is 0.513. The molecule has 25 heavy (non-hydrogen) atoms. The van der Waals surface area contributed by atoms with Crippen LogP contribution in [0.5, 0.6) is 0 Å². The number of nitriles is 1. The molecule has 0 amide bonds. The first-order valence-corrected chi connectivity index (χ1v) is 10.2. The van der Waals surface area contributed by atoms with Gasteiger partial charge in [-0.05, 0) is 48.7 Å². The van der Waals surface area contributed by atoms with Gasteiger partial charge in [0.2, 0.25) is 6.19 Å². The number of nitrogens with zero attached hydrogens (tertiary/aromatic N) is 2. The van der Waals surface area contributed by atoms with E-state index in [1.807, 2.05) is 19.1 Å². The Morgan fingerprint density at radius 2 is 2.00 bits per heavy atom. The number of ketones is 1. The van der Waals surface area contributed by atoms with Crippen LogP contribution in [0.25, 0.3) is 0 Å². The molecule has 3 nitrogen and oxygen atoms in total. The van der Waals surface area contributed by atoms with E-state index in [-0.39, 0.29) is 10.3 Å². The molecular formula is C17H13BrCl2N2OS2. The lowest BCUT2D eigenvalue weighted by Gasteiger charge is -2.01. The molecule has 0 unspecified atom stereocenters. The number of halogens is 3. The summed E-state index contributed by atoms with van der Waals surface area (Å²) < 4.78 is 1.64. The molecule has 8 heteroatoms. The minimum atomic E-state index is -0.112. The van der Waals surface area contributed by atoms with Gasteiger partial charge in [-0.2, -0.15) is 10.3 Å². The number of benzene rings is 1. The average molecular weight is 476 g/mol. The third-order valence-electron chi connectivity index (χ3n) is 2.58. The van der Waals surface area contributed by atoms with Crippen molar-refractivity contribution in [2.45, 2.75) is 6.92 Å². The number of thioether (sulfide) groups is 2. The summed E-state index contributed by atoms with van der Waals surface area (Å²) in [6.45, 7) is 1.92. The van der Waals surface area contributed by atoms with Crippen LogP contribution in [-0.4, -0.2) is 15.9 Å². The molecule has 0 aliphatic heterocycles. The second-order valence-electron chi connectivity index (χ2n) is 4.53. The Labute approximate surface area is 174 Å². The number of rotatable bonds is 6. The highest BCUT2D eigenvalue weighted by Crippen LogP contribution is 2.21. The lowest BCUT2D eigenvalue weighted by Crippen LogP contribution is -1.93. The van der Waals surface area contributed by atoms with Crippen LogP contribution in [0.1, 0.15) is 17.3 Å². The van der Waals surface area contributed by atoms with Crippen LogP contribution < -0.4 is 0 Å². The highest BCUT2D eigenvalue weighted by atomic mass is 79.9. The first-order valence-electron chi connectivity index (χ1n) is 6.83. The summed E-state index contributed by atoms with van der Waals surface area (Å²) in [4.78, 5) is 15.8.